The molecule has 304 valence electrons. The average Bonchev–Trinajstić information content (AvgIpc) is 4.01. The van der Waals surface area contributed by atoms with Gasteiger partial charge >= 0.3 is 18.4 Å². The Kier molecular flexibility index (Phi) is 11.9. The summed E-state index contributed by atoms with van der Waals surface area (Å²) in [4.78, 5) is 68.3. The highest BCUT2D eigenvalue weighted by Gasteiger charge is 2.42. The van der Waals surface area contributed by atoms with Crippen LogP contribution in [0.5, 0.6) is 0 Å². The summed E-state index contributed by atoms with van der Waals surface area (Å²) in [5, 5.41) is 2.65. The number of alkyl carbamates (subject to hydrolysis) is 1. The van der Waals surface area contributed by atoms with E-state index in [2.05, 4.69) is 25.3 Å². The van der Waals surface area contributed by atoms with Gasteiger partial charge in [0.05, 0.1) is 31.1 Å². The molecule has 2 fully saturated rings. The fourth-order valence-corrected chi connectivity index (χ4v) is 7.55. The Labute approximate surface area is 327 Å². The van der Waals surface area contributed by atoms with E-state index in [0.717, 1.165) is 28.8 Å². The molecule has 1 unspecified atom stereocenters. The van der Waals surface area contributed by atoms with E-state index in [1.165, 1.54) is 12.0 Å². The van der Waals surface area contributed by atoms with Gasteiger partial charge in [0.1, 0.15) is 29.1 Å². The molecule has 4 aromatic rings. The van der Waals surface area contributed by atoms with Crippen molar-refractivity contribution in [1.82, 2.24) is 35.1 Å². The zero-order chi connectivity index (χ0) is 41.2. The molecule has 2 aliphatic rings. The topological polar surface area (TPSA) is 189 Å². The van der Waals surface area contributed by atoms with Crippen LogP contribution in [-0.2, 0) is 25.2 Å². The van der Waals surface area contributed by atoms with Crippen molar-refractivity contribution in [3.63, 3.8) is 0 Å². The van der Waals surface area contributed by atoms with Gasteiger partial charge in [-0.05, 0) is 54.2 Å². The lowest BCUT2D eigenvalue weighted by Crippen LogP contribution is -2.51. The molecule has 0 spiro atoms. The number of hydrogen-bond acceptors (Lipinski definition) is 8. The van der Waals surface area contributed by atoms with E-state index in [1.54, 1.807) is 49.2 Å². The molecule has 17 heteroatoms. The Morgan fingerprint density at radius 2 is 1.35 bits per heavy atom. The highest BCUT2D eigenvalue weighted by Crippen LogP contribution is 2.40. The summed E-state index contributed by atoms with van der Waals surface area (Å²) in [6.07, 6.45) is -3.60. The molecule has 57 heavy (non-hydrogen) atoms. The summed E-state index contributed by atoms with van der Waals surface area (Å²) < 4.78 is 52.9. The number of nitrogens with two attached hydrogens (primary N) is 1. The van der Waals surface area contributed by atoms with Gasteiger partial charge in [-0.3, -0.25) is 9.59 Å². The first-order chi connectivity index (χ1) is 27.1. The first-order valence-electron chi connectivity index (χ1n) is 18.9. The second-order valence-electron chi connectivity index (χ2n) is 15.0. The monoisotopic (exact) mass is 792 g/mol. The van der Waals surface area contributed by atoms with Crippen LogP contribution in [0.3, 0.4) is 0 Å². The molecule has 2 saturated heterocycles. The van der Waals surface area contributed by atoms with Crippen molar-refractivity contribution in [1.29, 1.82) is 0 Å². The number of halogens is 3. The molecule has 4 heterocycles. The minimum absolute atomic E-state index is 0.00560. The Morgan fingerprint density at radius 3 is 1.88 bits per heavy atom. The van der Waals surface area contributed by atoms with Crippen molar-refractivity contribution < 1.29 is 41.8 Å². The van der Waals surface area contributed by atoms with Crippen molar-refractivity contribution in [3.05, 3.63) is 72.1 Å². The highest BCUT2D eigenvalue weighted by molar-refractivity contribution is 5.86. The molecule has 0 aliphatic carbocycles. The molecule has 4 amide bonds. The van der Waals surface area contributed by atoms with Crippen LogP contribution in [0, 0.1) is 11.8 Å². The van der Waals surface area contributed by atoms with E-state index in [-0.39, 0.29) is 41.5 Å². The van der Waals surface area contributed by atoms with Gasteiger partial charge in [0, 0.05) is 18.7 Å². The smallest absolute Gasteiger partial charge is 0.433 e. The molecule has 0 bridgehead atoms. The number of rotatable bonds is 11. The summed E-state index contributed by atoms with van der Waals surface area (Å²) in [7, 11) is 1.25. The average molecular weight is 793 g/mol. The first-order valence-corrected chi connectivity index (χ1v) is 18.9. The van der Waals surface area contributed by atoms with Gasteiger partial charge < -0.3 is 40.3 Å². The van der Waals surface area contributed by atoms with Gasteiger partial charge in [-0.15, -0.1) is 0 Å². The van der Waals surface area contributed by atoms with E-state index in [1.807, 2.05) is 38.1 Å². The summed E-state index contributed by atoms with van der Waals surface area (Å²) in [5.74, 6) is -0.673. The van der Waals surface area contributed by atoms with E-state index in [4.69, 9.17) is 15.2 Å². The molecule has 5 N–H and O–H groups in total. The fraction of sp³-hybridized carbons (Fsp3) is 0.450. The van der Waals surface area contributed by atoms with Crippen molar-refractivity contribution in [2.45, 2.75) is 83.8 Å². The zero-order valence-corrected chi connectivity index (χ0v) is 32.4. The van der Waals surface area contributed by atoms with Crippen LogP contribution in [0.4, 0.5) is 22.8 Å². The second-order valence-corrected chi connectivity index (χ2v) is 15.0. The van der Waals surface area contributed by atoms with Crippen molar-refractivity contribution in [2.75, 3.05) is 20.2 Å². The van der Waals surface area contributed by atoms with Crippen LogP contribution < -0.4 is 11.1 Å². The molecule has 14 nitrogen and oxygen atoms in total. The molecule has 6 rings (SSSR count). The van der Waals surface area contributed by atoms with Crippen LogP contribution in [0.1, 0.15) is 82.8 Å². The quantitative estimate of drug-likeness (QED) is 0.125. The van der Waals surface area contributed by atoms with Crippen LogP contribution >= 0.6 is 0 Å². The third kappa shape index (κ3) is 8.76. The maximum atomic E-state index is 14.4. The van der Waals surface area contributed by atoms with Gasteiger partial charge in [0.2, 0.25) is 5.91 Å². The number of aromatic nitrogens is 4. The Hall–Kier alpha value is -5.87. The fourth-order valence-electron chi connectivity index (χ4n) is 7.55. The maximum absolute atomic E-state index is 14.4. The molecule has 0 saturated carbocycles. The van der Waals surface area contributed by atoms with E-state index >= 15 is 0 Å². The van der Waals surface area contributed by atoms with Crippen LogP contribution in [0.2, 0.25) is 0 Å². The normalized spacial score (nSPS) is 18.2. The molecule has 4 atom stereocenters. The molecule has 2 aliphatic heterocycles. The Bertz CT molecular complexity index is 2080. The lowest BCUT2D eigenvalue weighted by Gasteiger charge is -2.30. The second kappa shape index (κ2) is 16.7. The number of benzene rings is 2. The zero-order valence-electron chi connectivity index (χ0n) is 32.4. The van der Waals surface area contributed by atoms with Gasteiger partial charge in [0.15, 0.2) is 6.10 Å². The lowest BCUT2D eigenvalue weighted by molar-refractivity contribution is -0.143. The number of nitrogens with zero attached hydrogens (tertiary/aromatic N) is 4. The van der Waals surface area contributed by atoms with Gasteiger partial charge in [-0.1, -0.05) is 76.2 Å². The Balaban J connectivity index is 1.18. The van der Waals surface area contributed by atoms with Crippen molar-refractivity contribution >= 4 is 24.0 Å². The van der Waals surface area contributed by atoms with Gasteiger partial charge in [-0.25, -0.2) is 19.6 Å². The van der Waals surface area contributed by atoms with Crippen LogP contribution in [0.15, 0.2) is 54.7 Å². The number of alkyl halides is 3. The standard InChI is InChI=1S/C40H47F3N8O6/c1-21(2)30(48-39(55)56-5)36(52)50-18-6-8-28(50)34-45-20-27(46-34)25-14-10-23(11-15-25)24-12-16-26(17-13-24)31-33(40(41,42)43)49-35(47-31)29-9-7-19-51(29)37(53)32(22(3)4)57-38(44)54/h10-17,20-22,28-30,32H,6-9,18-19H2,1-5H3,(H2,44,54)(H,45,46)(H,47,49)(H,48,55)/t28?,29-,30-,32-/m0/s1. The number of imidazole rings is 2. The Morgan fingerprint density at radius 1 is 0.807 bits per heavy atom. The third-order valence-corrected chi connectivity index (χ3v) is 10.5. The number of methoxy groups -OCH3 is 1. The van der Waals surface area contributed by atoms with Gasteiger partial charge in [0.25, 0.3) is 5.91 Å². The maximum Gasteiger partial charge on any atom is 0.433 e. The number of nitrogens with one attached hydrogen (secondary N) is 3. The largest absolute Gasteiger partial charge is 0.453 e. The van der Waals surface area contributed by atoms with Crippen LogP contribution in [-0.4, -0.2) is 86.1 Å². The predicted molar refractivity (Wildman–Crippen MR) is 203 cm³/mol. The molecular weight excluding hydrogens is 745 g/mol. The van der Waals surface area contributed by atoms with E-state index in [0.29, 0.717) is 31.6 Å². The molecular formula is C40H47F3N8O6. The van der Waals surface area contributed by atoms with Gasteiger partial charge in [-0.2, -0.15) is 13.2 Å². The summed E-state index contributed by atoms with van der Waals surface area (Å²) in [5.41, 5.74) is 7.30. The minimum atomic E-state index is -4.76. The highest BCUT2D eigenvalue weighted by atomic mass is 19.4. The number of H-pyrrole nitrogens is 2. The predicted octanol–water partition coefficient (Wildman–Crippen LogP) is 6.98. The summed E-state index contributed by atoms with van der Waals surface area (Å²) in [6, 6.07) is 12.4. The summed E-state index contributed by atoms with van der Waals surface area (Å²) >= 11 is 0. The minimum Gasteiger partial charge on any atom is -0.453 e. The number of carbonyl (C=O) groups excluding carboxylic acids is 4. The van der Waals surface area contributed by atoms with Crippen molar-refractivity contribution in [2.24, 2.45) is 17.6 Å². The number of amides is 4. The first kappa shape index (κ1) is 40.8. The van der Waals surface area contributed by atoms with Crippen molar-refractivity contribution in [3.8, 4) is 33.6 Å². The number of aromatic amines is 2. The van der Waals surface area contributed by atoms with Crippen LogP contribution in [0.25, 0.3) is 33.6 Å². The van der Waals surface area contributed by atoms with E-state index < -0.39 is 54.1 Å². The van der Waals surface area contributed by atoms with E-state index in [9.17, 15) is 32.3 Å². The third-order valence-electron chi connectivity index (χ3n) is 10.5. The molecule has 2 aromatic heterocycles. The number of ether oxygens (including phenoxy) is 2. The number of hydrogen-bond donors (Lipinski definition) is 4. The molecule has 2 aromatic carbocycles. The molecule has 0 radical (unpaired) electrons. The number of primary amides is 1. The SMILES string of the molecule is COC(=O)N[C@H](C(=O)N1CCCC1c1ncc(-c2ccc(-c3ccc(-c4nc([C@@H]5CCCN5C(=O)[C@@H](OC(N)=O)C(C)C)[nH]c4C(F)(F)F)cc3)cc2)[nH]1)C(C)C. The number of likely N-dealkylation sites (tertiary alicyclic amines) is 2. The lowest BCUT2D eigenvalue weighted by atomic mass is 10.0. The number of carbonyl (C=O) groups is 4. The summed E-state index contributed by atoms with van der Waals surface area (Å²) in [6.45, 7) is 7.88.